The van der Waals surface area contributed by atoms with E-state index in [4.69, 9.17) is 0 Å². The highest BCUT2D eigenvalue weighted by Gasteiger charge is 1.83. The van der Waals surface area contributed by atoms with Crippen LogP contribution in [0.1, 0.15) is 13.3 Å². The molecular formula is C8H13NO. The molecule has 0 spiro atoms. The molecule has 0 saturated heterocycles. The van der Waals surface area contributed by atoms with Gasteiger partial charge in [0, 0.05) is 7.05 Å². The summed E-state index contributed by atoms with van der Waals surface area (Å²) in [5, 5.41) is 2.90. The lowest BCUT2D eigenvalue weighted by molar-refractivity contribution is -0.104. The Bertz CT molecular complexity index is 145. The molecule has 0 aromatic carbocycles. The van der Waals surface area contributed by atoms with Crippen LogP contribution in [0.4, 0.5) is 0 Å². The van der Waals surface area contributed by atoms with Gasteiger partial charge in [-0.25, -0.2) is 0 Å². The van der Waals surface area contributed by atoms with Crippen LogP contribution in [0.2, 0.25) is 0 Å². The summed E-state index contributed by atoms with van der Waals surface area (Å²) >= 11 is 0. The van der Waals surface area contributed by atoms with E-state index >= 15 is 0 Å². The molecule has 0 amide bonds. The largest absolute Gasteiger partial charge is 0.394 e. The van der Waals surface area contributed by atoms with Gasteiger partial charge in [-0.15, -0.1) is 0 Å². The summed E-state index contributed by atoms with van der Waals surface area (Å²) in [7, 11) is 1.84. The first-order valence-electron chi connectivity index (χ1n) is 3.33. The van der Waals surface area contributed by atoms with Crippen molar-refractivity contribution in [3.63, 3.8) is 0 Å². The van der Waals surface area contributed by atoms with E-state index in [2.05, 4.69) is 5.32 Å². The summed E-state index contributed by atoms with van der Waals surface area (Å²) in [6.07, 6.45) is 6.88. The van der Waals surface area contributed by atoms with Crippen LogP contribution in [0.25, 0.3) is 0 Å². The molecule has 0 saturated carbocycles. The highest BCUT2D eigenvalue weighted by molar-refractivity contribution is 5.65. The van der Waals surface area contributed by atoms with Crippen molar-refractivity contribution in [3.8, 4) is 0 Å². The van der Waals surface area contributed by atoms with Crippen LogP contribution in [0.3, 0.4) is 0 Å². The Kier molecular flexibility index (Phi) is 5.44. The monoisotopic (exact) mass is 139 g/mol. The fraction of sp³-hybridized carbons (Fsp3) is 0.375. The van der Waals surface area contributed by atoms with Gasteiger partial charge < -0.3 is 5.32 Å². The first-order valence-corrected chi connectivity index (χ1v) is 3.33. The molecular weight excluding hydrogens is 126 g/mol. The van der Waals surface area contributed by atoms with Crippen molar-refractivity contribution in [2.45, 2.75) is 13.3 Å². The maximum atomic E-state index is 9.90. The maximum Gasteiger partial charge on any atom is 0.142 e. The standard InChI is InChI=1S/C8H13NO/c1-3-8(7-9-2)5-4-6-10/h4-7,9H,3H2,1-2H3/b5-4-,8-7-. The molecule has 0 unspecified atom stereocenters. The summed E-state index contributed by atoms with van der Waals surface area (Å²) in [6, 6.07) is 0. The average Bonchev–Trinajstić information content (AvgIpc) is 1.98. The van der Waals surface area contributed by atoms with E-state index in [0.29, 0.717) is 0 Å². The Labute approximate surface area is 61.6 Å². The lowest BCUT2D eigenvalue weighted by Gasteiger charge is -1.94. The van der Waals surface area contributed by atoms with Gasteiger partial charge in [-0.1, -0.05) is 13.0 Å². The summed E-state index contributed by atoms with van der Waals surface area (Å²) in [5.74, 6) is 0. The van der Waals surface area contributed by atoms with E-state index in [1.54, 1.807) is 6.08 Å². The van der Waals surface area contributed by atoms with E-state index in [-0.39, 0.29) is 0 Å². The summed E-state index contributed by atoms with van der Waals surface area (Å²) in [4.78, 5) is 9.90. The summed E-state index contributed by atoms with van der Waals surface area (Å²) in [6.45, 7) is 2.04. The van der Waals surface area contributed by atoms with E-state index in [0.717, 1.165) is 18.3 Å². The Morgan fingerprint density at radius 1 is 1.60 bits per heavy atom. The zero-order valence-corrected chi connectivity index (χ0v) is 6.42. The van der Waals surface area contributed by atoms with Crippen LogP contribution in [0, 0.1) is 0 Å². The van der Waals surface area contributed by atoms with Crippen LogP contribution in [-0.4, -0.2) is 13.3 Å². The third kappa shape index (κ3) is 3.89. The number of carbonyl (C=O) groups is 1. The third-order valence-electron chi connectivity index (χ3n) is 1.13. The predicted molar refractivity (Wildman–Crippen MR) is 42.6 cm³/mol. The second kappa shape index (κ2) is 6.08. The SMILES string of the molecule is CCC(/C=C\C=O)=C/NC. The number of aldehydes is 1. The fourth-order valence-electron chi connectivity index (χ4n) is 0.616. The minimum absolute atomic E-state index is 0.777. The molecule has 10 heavy (non-hydrogen) atoms. The number of nitrogens with one attached hydrogen (secondary N) is 1. The molecule has 1 N–H and O–H groups in total. The van der Waals surface area contributed by atoms with E-state index in [1.807, 2.05) is 20.2 Å². The molecule has 0 aliphatic rings. The normalized spacial score (nSPS) is 12.0. The van der Waals surface area contributed by atoms with E-state index < -0.39 is 0 Å². The summed E-state index contributed by atoms with van der Waals surface area (Å²) < 4.78 is 0. The second-order valence-corrected chi connectivity index (χ2v) is 1.86. The lowest BCUT2D eigenvalue weighted by Crippen LogP contribution is -1.94. The van der Waals surface area contributed by atoms with Crippen molar-refractivity contribution in [2.24, 2.45) is 0 Å². The van der Waals surface area contributed by atoms with Crippen molar-refractivity contribution in [1.29, 1.82) is 0 Å². The topological polar surface area (TPSA) is 29.1 Å². The molecule has 0 heterocycles. The van der Waals surface area contributed by atoms with Gasteiger partial charge in [-0.3, -0.25) is 4.79 Å². The fourth-order valence-corrected chi connectivity index (χ4v) is 0.616. The molecule has 0 aromatic heterocycles. The Balaban J connectivity index is 3.94. The molecule has 0 fully saturated rings. The first-order chi connectivity index (χ1) is 4.85. The highest BCUT2D eigenvalue weighted by atomic mass is 16.1. The predicted octanol–water partition coefficient (Wildman–Crippen LogP) is 1.25. The number of rotatable bonds is 4. The van der Waals surface area contributed by atoms with Crippen molar-refractivity contribution in [3.05, 3.63) is 23.9 Å². The van der Waals surface area contributed by atoms with Gasteiger partial charge in [0.2, 0.25) is 0 Å². The smallest absolute Gasteiger partial charge is 0.142 e. The highest BCUT2D eigenvalue weighted by Crippen LogP contribution is 1.98. The van der Waals surface area contributed by atoms with Crippen LogP contribution >= 0.6 is 0 Å². The summed E-state index contributed by atoms with van der Waals surface area (Å²) in [5.41, 5.74) is 1.12. The van der Waals surface area contributed by atoms with Crippen LogP contribution < -0.4 is 5.32 Å². The molecule has 0 radical (unpaired) electrons. The number of hydrogen-bond acceptors (Lipinski definition) is 2. The zero-order chi connectivity index (χ0) is 7.82. The molecule has 2 nitrogen and oxygen atoms in total. The van der Waals surface area contributed by atoms with Crippen LogP contribution in [-0.2, 0) is 4.79 Å². The van der Waals surface area contributed by atoms with Gasteiger partial charge in [-0.2, -0.15) is 0 Å². The third-order valence-corrected chi connectivity index (χ3v) is 1.13. The molecule has 0 bridgehead atoms. The maximum absolute atomic E-state index is 9.90. The Hall–Kier alpha value is -1.05. The Morgan fingerprint density at radius 3 is 2.70 bits per heavy atom. The molecule has 0 aliphatic heterocycles. The second-order valence-electron chi connectivity index (χ2n) is 1.86. The molecule has 0 rings (SSSR count). The molecule has 0 aliphatic carbocycles. The van der Waals surface area contributed by atoms with Crippen molar-refractivity contribution < 1.29 is 4.79 Å². The van der Waals surface area contributed by atoms with Gasteiger partial charge in [0.15, 0.2) is 0 Å². The molecule has 56 valence electrons. The number of carbonyl (C=O) groups excluding carboxylic acids is 1. The molecule has 2 heteroatoms. The first kappa shape index (κ1) is 8.95. The quantitative estimate of drug-likeness (QED) is 0.361. The molecule has 0 aromatic rings. The van der Waals surface area contributed by atoms with Gasteiger partial charge in [0.1, 0.15) is 6.29 Å². The van der Waals surface area contributed by atoms with Gasteiger partial charge in [0.25, 0.3) is 0 Å². The van der Waals surface area contributed by atoms with Crippen molar-refractivity contribution in [2.75, 3.05) is 7.05 Å². The number of hydrogen-bond donors (Lipinski definition) is 1. The minimum atomic E-state index is 0.777. The lowest BCUT2D eigenvalue weighted by atomic mass is 10.2. The van der Waals surface area contributed by atoms with Crippen LogP contribution in [0.5, 0.6) is 0 Å². The Morgan fingerprint density at radius 2 is 2.30 bits per heavy atom. The van der Waals surface area contributed by atoms with E-state index in [1.165, 1.54) is 6.08 Å². The number of allylic oxidation sites excluding steroid dienone is 3. The minimum Gasteiger partial charge on any atom is -0.394 e. The van der Waals surface area contributed by atoms with Crippen molar-refractivity contribution in [1.82, 2.24) is 5.32 Å². The van der Waals surface area contributed by atoms with Gasteiger partial charge in [0.05, 0.1) is 0 Å². The molecule has 0 atom stereocenters. The van der Waals surface area contributed by atoms with Crippen molar-refractivity contribution >= 4 is 6.29 Å². The van der Waals surface area contributed by atoms with Gasteiger partial charge >= 0.3 is 0 Å². The zero-order valence-electron chi connectivity index (χ0n) is 6.42. The van der Waals surface area contributed by atoms with E-state index in [9.17, 15) is 4.79 Å². The van der Waals surface area contributed by atoms with Crippen LogP contribution in [0.15, 0.2) is 23.9 Å². The van der Waals surface area contributed by atoms with Gasteiger partial charge in [-0.05, 0) is 24.3 Å². The average molecular weight is 139 g/mol.